The van der Waals surface area contributed by atoms with Crippen LogP contribution in [0.15, 0.2) is 30.3 Å². The van der Waals surface area contributed by atoms with Gasteiger partial charge in [0, 0.05) is 19.3 Å². The molecule has 0 bridgehead atoms. The van der Waals surface area contributed by atoms with Crippen LogP contribution in [-0.4, -0.2) is 43.4 Å². The summed E-state index contributed by atoms with van der Waals surface area (Å²) in [6.45, 7) is 2.90. The summed E-state index contributed by atoms with van der Waals surface area (Å²) in [7, 11) is 1.63. The van der Waals surface area contributed by atoms with Crippen LogP contribution < -0.4 is 10.6 Å². The van der Waals surface area contributed by atoms with Crippen LogP contribution in [0.25, 0.3) is 0 Å². The fraction of sp³-hybridized carbons (Fsp3) is 0.429. The number of nitrogens with zero attached hydrogens (tertiary/aromatic N) is 1. The first-order valence-corrected chi connectivity index (χ1v) is 6.43. The van der Waals surface area contributed by atoms with E-state index in [4.69, 9.17) is 0 Å². The molecule has 2 amide bonds. The number of carbonyl (C=O) groups is 2. The number of hydrogen-bond donors (Lipinski definition) is 2. The van der Waals surface area contributed by atoms with Crippen LogP contribution in [0.4, 0.5) is 5.69 Å². The molecule has 0 spiro atoms. The van der Waals surface area contributed by atoms with Crippen molar-refractivity contribution >= 4 is 17.5 Å². The molecule has 1 aromatic carbocycles. The van der Waals surface area contributed by atoms with Crippen molar-refractivity contribution in [1.29, 1.82) is 0 Å². The summed E-state index contributed by atoms with van der Waals surface area (Å²) in [5, 5.41) is 5.76. The largest absolute Gasteiger partial charge is 0.376 e. The highest BCUT2D eigenvalue weighted by atomic mass is 16.2. The number of carbonyl (C=O) groups excluding carboxylic acids is 2. The van der Waals surface area contributed by atoms with Crippen molar-refractivity contribution in [1.82, 2.24) is 10.2 Å². The molecule has 0 saturated carbocycles. The van der Waals surface area contributed by atoms with Gasteiger partial charge in [0.15, 0.2) is 0 Å². The molecule has 0 fully saturated rings. The molecule has 1 rings (SSSR count). The fourth-order valence-electron chi connectivity index (χ4n) is 1.49. The summed E-state index contributed by atoms with van der Waals surface area (Å²) in [5.41, 5.74) is 0.889. The molecule has 0 heterocycles. The SMILES string of the molecule is CCCNC(=O)CN(C)C(=O)CNc1ccccc1. The molecule has 0 aliphatic rings. The third kappa shape index (κ3) is 5.90. The molecule has 5 heteroatoms. The molecular formula is C14H21N3O2. The number of benzene rings is 1. The van der Waals surface area contributed by atoms with Gasteiger partial charge in [-0.1, -0.05) is 25.1 Å². The second-order valence-electron chi connectivity index (χ2n) is 4.32. The van der Waals surface area contributed by atoms with Crippen molar-refractivity contribution in [2.24, 2.45) is 0 Å². The third-order valence-electron chi connectivity index (χ3n) is 2.60. The number of nitrogens with one attached hydrogen (secondary N) is 2. The van der Waals surface area contributed by atoms with Gasteiger partial charge in [-0.25, -0.2) is 0 Å². The molecule has 5 nitrogen and oxygen atoms in total. The molecule has 104 valence electrons. The summed E-state index contributed by atoms with van der Waals surface area (Å²) in [6.07, 6.45) is 0.888. The summed E-state index contributed by atoms with van der Waals surface area (Å²) in [4.78, 5) is 24.7. The van der Waals surface area contributed by atoms with Crippen molar-refractivity contribution in [3.8, 4) is 0 Å². The summed E-state index contributed by atoms with van der Waals surface area (Å²) in [5.74, 6) is -0.243. The second-order valence-corrected chi connectivity index (χ2v) is 4.32. The van der Waals surface area contributed by atoms with Crippen molar-refractivity contribution < 1.29 is 9.59 Å². The molecule has 19 heavy (non-hydrogen) atoms. The highest BCUT2D eigenvalue weighted by Gasteiger charge is 2.11. The van der Waals surface area contributed by atoms with Crippen molar-refractivity contribution in [3.63, 3.8) is 0 Å². The van der Waals surface area contributed by atoms with Crippen LogP contribution in [0.5, 0.6) is 0 Å². The fourth-order valence-corrected chi connectivity index (χ4v) is 1.49. The van der Waals surface area contributed by atoms with Gasteiger partial charge in [0.05, 0.1) is 13.1 Å². The molecule has 0 aliphatic heterocycles. The molecule has 2 N–H and O–H groups in total. The maximum Gasteiger partial charge on any atom is 0.242 e. The van der Waals surface area contributed by atoms with Gasteiger partial charge in [-0.05, 0) is 18.6 Å². The van der Waals surface area contributed by atoms with Crippen LogP contribution in [-0.2, 0) is 9.59 Å². The van der Waals surface area contributed by atoms with Crippen molar-refractivity contribution in [2.75, 3.05) is 32.0 Å². The lowest BCUT2D eigenvalue weighted by atomic mass is 10.3. The van der Waals surface area contributed by atoms with E-state index in [-0.39, 0.29) is 24.9 Å². The van der Waals surface area contributed by atoms with Crippen LogP contribution in [0.3, 0.4) is 0 Å². The first-order chi connectivity index (χ1) is 9.13. The van der Waals surface area contributed by atoms with E-state index in [2.05, 4.69) is 10.6 Å². The first-order valence-electron chi connectivity index (χ1n) is 6.43. The van der Waals surface area contributed by atoms with Gasteiger partial charge >= 0.3 is 0 Å². The molecule has 1 aromatic rings. The highest BCUT2D eigenvalue weighted by Crippen LogP contribution is 2.04. The molecule has 0 radical (unpaired) electrons. The third-order valence-corrected chi connectivity index (χ3v) is 2.60. The normalized spacial score (nSPS) is 9.79. The average molecular weight is 263 g/mol. The second kappa shape index (κ2) is 8.13. The number of amides is 2. The van der Waals surface area contributed by atoms with Crippen LogP contribution >= 0.6 is 0 Å². The topological polar surface area (TPSA) is 61.4 Å². The van der Waals surface area contributed by atoms with Gasteiger partial charge in [0.25, 0.3) is 0 Å². The predicted molar refractivity (Wildman–Crippen MR) is 75.9 cm³/mol. The van der Waals surface area contributed by atoms with Crippen LogP contribution in [0.1, 0.15) is 13.3 Å². The van der Waals surface area contributed by atoms with E-state index < -0.39 is 0 Å². The Balaban J connectivity index is 2.30. The van der Waals surface area contributed by atoms with Gasteiger partial charge in [-0.15, -0.1) is 0 Å². The Hall–Kier alpha value is -2.04. The monoisotopic (exact) mass is 263 g/mol. The van der Waals surface area contributed by atoms with Crippen molar-refractivity contribution in [3.05, 3.63) is 30.3 Å². The Labute approximate surface area is 114 Å². The lowest BCUT2D eigenvalue weighted by Gasteiger charge is -2.17. The van der Waals surface area contributed by atoms with E-state index in [1.54, 1.807) is 7.05 Å². The lowest BCUT2D eigenvalue weighted by molar-refractivity contribution is -0.133. The number of rotatable bonds is 7. The van der Waals surface area contributed by atoms with Crippen LogP contribution in [0.2, 0.25) is 0 Å². The van der Waals surface area contributed by atoms with E-state index >= 15 is 0 Å². The summed E-state index contributed by atoms with van der Waals surface area (Å²) >= 11 is 0. The standard InChI is InChI=1S/C14H21N3O2/c1-3-9-15-13(18)11-17(2)14(19)10-16-12-7-5-4-6-8-12/h4-8,16H,3,9-11H2,1-2H3,(H,15,18). The predicted octanol–water partition coefficient (Wildman–Crippen LogP) is 1.08. The van der Waals surface area contributed by atoms with E-state index in [0.717, 1.165) is 12.1 Å². The Kier molecular flexibility index (Phi) is 6.43. The zero-order valence-corrected chi connectivity index (χ0v) is 11.5. The van der Waals surface area contributed by atoms with Gasteiger partial charge in [-0.2, -0.15) is 0 Å². The molecule has 0 aromatic heterocycles. The zero-order chi connectivity index (χ0) is 14.1. The number of hydrogen-bond acceptors (Lipinski definition) is 3. The first kappa shape index (κ1) is 15.0. The van der Waals surface area contributed by atoms with Gasteiger partial charge in [0.1, 0.15) is 0 Å². The van der Waals surface area contributed by atoms with E-state index in [9.17, 15) is 9.59 Å². The van der Waals surface area contributed by atoms with Crippen LogP contribution in [0, 0.1) is 0 Å². The summed E-state index contributed by atoms with van der Waals surface area (Å²) < 4.78 is 0. The van der Waals surface area contributed by atoms with E-state index in [1.165, 1.54) is 4.90 Å². The number of para-hydroxylation sites is 1. The molecule has 0 saturated heterocycles. The minimum atomic E-state index is -0.127. The molecule has 0 atom stereocenters. The van der Waals surface area contributed by atoms with E-state index in [1.807, 2.05) is 37.3 Å². The van der Waals surface area contributed by atoms with Gasteiger partial charge in [-0.3, -0.25) is 9.59 Å². The molecular weight excluding hydrogens is 242 g/mol. The quantitative estimate of drug-likeness (QED) is 0.774. The van der Waals surface area contributed by atoms with Gasteiger partial charge in [0.2, 0.25) is 11.8 Å². The summed E-state index contributed by atoms with van der Waals surface area (Å²) in [6, 6.07) is 9.49. The zero-order valence-electron chi connectivity index (χ0n) is 11.5. The maximum atomic E-state index is 11.8. The maximum absolute atomic E-state index is 11.8. The Morgan fingerprint density at radius 3 is 2.53 bits per heavy atom. The van der Waals surface area contributed by atoms with Gasteiger partial charge < -0.3 is 15.5 Å². The smallest absolute Gasteiger partial charge is 0.242 e. The number of likely N-dealkylation sites (N-methyl/N-ethyl adjacent to an activating group) is 1. The highest BCUT2D eigenvalue weighted by molar-refractivity contribution is 5.86. The lowest BCUT2D eigenvalue weighted by Crippen LogP contribution is -2.40. The van der Waals surface area contributed by atoms with E-state index in [0.29, 0.717) is 6.54 Å². The molecule has 0 unspecified atom stereocenters. The minimum Gasteiger partial charge on any atom is -0.376 e. The minimum absolute atomic E-state index is 0.0926. The Bertz CT molecular complexity index is 406. The Morgan fingerprint density at radius 1 is 1.21 bits per heavy atom. The van der Waals surface area contributed by atoms with Crippen molar-refractivity contribution in [2.45, 2.75) is 13.3 Å². The molecule has 0 aliphatic carbocycles. The number of anilines is 1. The Morgan fingerprint density at radius 2 is 1.89 bits per heavy atom. The average Bonchev–Trinajstić information content (AvgIpc) is 2.43.